The Labute approximate surface area is 147 Å². The van der Waals surface area contributed by atoms with Crippen LogP contribution in [0.3, 0.4) is 0 Å². The van der Waals surface area contributed by atoms with Gasteiger partial charge in [0.2, 0.25) is 5.95 Å². The Morgan fingerprint density at radius 2 is 2.04 bits per heavy atom. The third-order valence-electron chi connectivity index (χ3n) is 5.88. The molecule has 8 heteroatoms. The molecule has 8 nitrogen and oxygen atoms in total. The molecule has 25 heavy (non-hydrogen) atoms. The van der Waals surface area contributed by atoms with Gasteiger partial charge in [-0.15, -0.1) is 0 Å². The maximum atomic E-state index is 12.1. The van der Waals surface area contributed by atoms with Crippen LogP contribution in [-0.2, 0) is 4.79 Å². The fraction of sp³-hybridized carbons (Fsp3) is 0.706. The Balaban J connectivity index is 1.62. The van der Waals surface area contributed by atoms with Gasteiger partial charge in [-0.25, -0.2) is 0 Å². The smallest absolute Gasteiger partial charge is 0.313 e. The predicted octanol–water partition coefficient (Wildman–Crippen LogP) is 0.692. The molecule has 2 atom stereocenters. The summed E-state index contributed by atoms with van der Waals surface area (Å²) in [6, 6.07) is 1.80. The van der Waals surface area contributed by atoms with Crippen LogP contribution >= 0.6 is 0 Å². The SMILES string of the molecule is Nc1cc(N2CC[C@H]3NCCC[C@]3(C(=O)O)C2)nc(N2CCCC2)n1. The van der Waals surface area contributed by atoms with E-state index < -0.39 is 11.4 Å². The summed E-state index contributed by atoms with van der Waals surface area (Å²) >= 11 is 0. The number of hydrogen-bond donors (Lipinski definition) is 3. The molecule has 0 aromatic carbocycles. The average Bonchev–Trinajstić information content (AvgIpc) is 3.15. The third-order valence-corrected chi connectivity index (χ3v) is 5.88. The number of carboxylic acid groups (broad SMARTS) is 1. The highest BCUT2D eigenvalue weighted by Gasteiger charge is 2.51. The van der Waals surface area contributed by atoms with Crippen molar-refractivity contribution in [1.29, 1.82) is 0 Å². The fourth-order valence-electron chi connectivity index (χ4n) is 4.50. The number of nitrogen functional groups attached to an aromatic ring is 1. The van der Waals surface area contributed by atoms with Crippen LogP contribution in [0.15, 0.2) is 6.07 Å². The summed E-state index contributed by atoms with van der Waals surface area (Å²) in [5.74, 6) is 1.15. The fourth-order valence-corrected chi connectivity index (χ4v) is 4.50. The van der Waals surface area contributed by atoms with Crippen LogP contribution in [0, 0.1) is 5.41 Å². The molecule has 0 amide bonds. The molecule has 3 aliphatic rings. The topological polar surface area (TPSA) is 108 Å². The molecule has 3 aliphatic heterocycles. The van der Waals surface area contributed by atoms with E-state index in [0.29, 0.717) is 24.7 Å². The quantitative estimate of drug-likeness (QED) is 0.734. The molecular weight excluding hydrogens is 320 g/mol. The second-order valence-electron chi connectivity index (χ2n) is 7.43. The van der Waals surface area contributed by atoms with Gasteiger partial charge in [-0.2, -0.15) is 9.97 Å². The van der Waals surface area contributed by atoms with Gasteiger partial charge in [-0.1, -0.05) is 0 Å². The maximum Gasteiger partial charge on any atom is 0.313 e. The Bertz CT molecular complexity index is 663. The van der Waals surface area contributed by atoms with Gasteiger partial charge in [0.05, 0.1) is 0 Å². The van der Waals surface area contributed by atoms with E-state index in [-0.39, 0.29) is 6.04 Å². The highest BCUT2D eigenvalue weighted by molar-refractivity contribution is 5.77. The van der Waals surface area contributed by atoms with E-state index in [4.69, 9.17) is 10.7 Å². The van der Waals surface area contributed by atoms with Gasteiger partial charge in [0.15, 0.2) is 0 Å². The lowest BCUT2D eigenvalue weighted by molar-refractivity contribution is -0.153. The number of nitrogens with one attached hydrogen (secondary N) is 1. The number of nitrogens with two attached hydrogens (primary N) is 1. The molecule has 0 spiro atoms. The summed E-state index contributed by atoms with van der Waals surface area (Å²) in [6.45, 7) is 4.06. The van der Waals surface area contributed by atoms with Gasteiger partial charge in [0.1, 0.15) is 17.1 Å². The number of aromatic nitrogens is 2. The van der Waals surface area contributed by atoms with Gasteiger partial charge in [-0.3, -0.25) is 4.79 Å². The largest absolute Gasteiger partial charge is 0.481 e. The Hall–Kier alpha value is -2.09. The van der Waals surface area contributed by atoms with E-state index in [1.54, 1.807) is 6.07 Å². The normalized spacial score (nSPS) is 29.5. The molecule has 1 aromatic rings. The molecule has 3 saturated heterocycles. The first-order valence-electron chi connectivity index (χ1n) is 9.20. The highest BCUT2D eigenvalue weighted by Crippen LogP contribution is 2.39. The maximum absolute atomic E-state index is 12.1. The van der Waals surface area contributed by atoms with E-state index in [1.165, 1.54) is 0 Å². The average molecular weight is 346 g/mol. The second kappa shape index (κ2) is 6.33. The molecule has 136 valence electrons. The number of anilines is 3. The summed E-state index contributed by atoms with van der Waals surface area (Å²) in [5, 5.41) is 13.3. The number of rotatable bonds is 3. The van der Waals surface area contributed by atoms with Crippen LogP contribution in [0.25, 0.3) is 0 Å². The number of fused-ring (bicyclic) bond motifs is 1. The van der Waals surface area contributed by atoms with Gasteiger partial charge >= 0.3 is 5.97 Å². The van der Waals surface area contributed by atoms with Crippen molar-refractivity contribution >= 4 is 23.6 Å². The zero-order chi connectivity index (χ0) is 17.4. The van der Waals surface area contributed by atoms with Crippen LogP contribution < -0.4 is 20.9 Å². The molecule has 1 aromatic heterocycles. The number of hydrogen-bond acceptors (Lipinski definition) is 7. The first-order chi connectivity index (χ1) is 12.1. The van der Waals surface area contributed by atoms with Gasteiger partial charge in [0, 0.05) is 38.3 Å². The molecule has 4 rings (SSSR count). The summed E-state index contributed by atoms with van der Waals surface area (Å²) < 4.78 is 0. The van der Waals surface area contributed by atoms with Crippen molar-refractivity contribution in [3.8, 4) is 0 Å². The molecular formula is C17H26N6O2. The summed E-state index contributed by atoms with van der Waals surface area (Å²) in [6.07, 6.45) is 4.69. The van der Waals surface area contributed by atoms with E-state index >= 15 is 0 Å². The monoisotopic (exact) mass is 346 g/mol. The molecule has 4 N–H and O–H groups in total. The van der Waals surface area contributed by atoms with Crippen molar-refractivity contribution in [1.82, 2.24) is 15.3 Å². The number of nitrogens with zero attached hydrogens (tertiary/aromatic N) is 4. The number of carbonyl (C=O) groups is 1. The van der Waals surface area contributed by atoms with Crippen molar-refractivity contribution in [2.75, 3.05) is 48.3 Å². The van der Waals surface area contributed by atoms with E-state index in [2.05, 4.69) is 20.1 Å². The van der Waals surface area contributed by atoms with Crippen molar-refractivity contribution < 1.29 is 9.90 Å². The highest BCUT2D eigenvalue weighted by atomic mass is 16.4. The minimum atomic E-state index is -0.746. The minimum absolute atomic E-state index is 0.0345. The van der Waals surface area contributed by atoms with Gasteiger partial charge < -0.3 is 26.0 Å². The zero-order valence-corrected chi connectivity index (χ0v) is 14.4. The summed E-state index contributed by atoms with van der Waals surface area (Å²) in [7, 11) is 0. The predicted molar refractivity (Wildman–Crippen MR) is 95.8 cm³/mol. The van der Waals surface area contributed by atoms with Crippen LogP contribution in [0.4, 0.5) is 17.6 Å². The molecule has 0 aliphatic carbocycles. The zero-order valence-electron chi connectivity index (χ0n) is 14.4. The number of piperidine rings is 2. The Morgan fingerprint density at radius 1 is 1.24 bits per heavy atom. The van der Waals surface area contributed by atoms with Crippen molar-refractivity contribution in [3.05, 3.63) is 6.07 Å². The molecule has 0 radical (unpaired) electrons. The van der Waals surface area contributed by atoms with Crippen LogP contribution in [0.2, 0.25) is 0 Å². The first kappa shape index (κ1) is 16.4. The van der Waals surface area contributed by atoms with Crippen LogP contribution in [0.1, 0.15) is 32.1 Å². The lowest BCUT2D eigenvalue weighted by Crippen LogP contribution is -2.63. The van der Waals surface area contributed by atoms with E-state index in [0.717, 1.165) is 57.7 Å². The Morgan fingerprint density at radius 3 is 2.80 bits per heavy atom. The van der Waals surface area contributed by atoms with Gasteiger partial charge in [0.25, 0.3) is 0 Å². The minimum Gasteiger partial charge on any atom is -0.481 e. The summed E-state index contributed by atoms with van der Waals surface area (Å²) in [5.41, 5.74) is 5.28. The number of aliphatic carboxylic acids is 1. The first-order valence-corrected chi connectivity index (χ1v) is 9.20. The van der Waals surface area contributed by atoms with Crippen LogP contribution in [0.5, 0.6) is 0 Å². The Kier molecular flexibility index (Phi) is 4.15. The molecule has 0 bridgehead atoms. The third kappa shape index (κ3) is 2.88. The molecule has 4 heterocycles. The van der Waals surface area contributed by atoms with Gasteiger partial charge in [-0.05, 0) is 38.6 Å². The number of carboxylic acids is 1. The van der Waals surface area contributed by atoms with E-state index in [1.807, 2.05) is 0 Å². The lowest BCUT2D eigenvalue weighted by atomic mass is 9.70. The van der Waals surface area contributed by atoms with E-state index in [9.17, 15) is 9.90 Å². The standard InChI is InChI=1S/C17H26N6O2/c18-13-10-14(21-16(20-13)22-7-1-2-8-22)23-9-4-12-17(11-23,15(24)25)5-3-6-19-12/h10,12,19H,1-9,11H2,(H,24,25)(H2,18,20,21)/t12-,17+/m1/s1. The van der Waals surface area contributed by atoms with Crippen molar-refractivity contribution in [3.63, 3.8) is 0 Å². The summed E-state index contributed by atoms with van der Waals surface area (Å²) in [4.78, 5) is 25.4. The van der Waals surface area contributed by atoms with Crippen molar-refractivity contribution in [2.45, 2.75) is 38.1 Å². The molecule has 0 saturated carbocycles. The molecule has 3 fully saturated rings. The molecule has 0 unspecified atom stereocenters. The second-order valence-corrected chi connectivity index (χ2v) is 7.43. The van der Waals surface area contributed by atoms with Crippen molar-refractivity contribution in [2.24, 2.45) is 5.41 Å². The van der Waals surface area contributed by atoms with Crippen LogP contribution in [-0.4, -0.2) is 59.8 Å². The lowest BCUT2D eigenvalue weighted by Gasteiger charge is -2.48.